The lowest BCUT2D eigenvalue weighted by molar-refractivity contribution is 0.00215. The second-order valence-electron chi connectivity index (χ2n) is 6.78. The molecule has 8 nitrogen and oxygen atoms in total. The highest BCUT2D eigenvalue weighted by Gasteiger charge is 2.42. The minimum absolute atomic E-state index is 0.212. The summed E-state index contributed by atoms with van der Waals surface area (Å²) < 4.78 is 7.25. The van der Waals surface area contributed by atoms with Gasteiger partial charge in [-0.1, -0.05) is 6.07 Å². The van der Waals surface area contributed by atoms with E-state index in [4.69, 9.17) is 4.74 Å². The molecule has 0 aromatic carbocycles. The van der Waals surface area contributed by atoms with Gasteiger partial charge in [0.25, 0.3) is 5.91 Å². The van der Waals surface area contributed by atoms with Crippen LogP contribution < -0.4 is 10.1 Å². The number of pyridine rings is 1. The molecule has 0 unspecified atom stereocenters. The minimum Gasteiger partial charge on any atom is -0.477 e. The highest BCUT2D eigenvalue weighted by molar-refractivity contribution is 5.92. The first-order valence-corrected chi connectivity index (χ1v) is 8.59. The fourth-order valence-corrected chi connectivity index (χ4v) is 3.14. The zero-order valence-electron chi connectivity index (χ0n) is 15.1. The van der Waals surface area contributed by atoms with Crippen LogP contribution in [0.2, 0.25) is 0 Å². The van der Waals surface area contributed by atoms with E-state index in [2.05, 4.69) is 15.4 Å². The molecule has 8 heteroatoms. The van der Waals surface area contributed by atoms with Crippen molar-refractivity contribution in [1.82, 2.24) is 20.1 Å². The normalized spacial score (nSPS) is 25.3. The summed E-state index contributed by atoms with van der Waals surface area (Å²) in [5.74, 6) is -0.196. The maximum atomic E-state index is 12.3. The van der Waals surface area contributed by atoms with Crippen LogP contribution in [0.15, 0.2) is 24.3 Å². The summed E-state index contributed by atoms with van der Waals surface area (Å²) in [6.45, 7) is 3.93. The molecule has 0 spiro atoms. The van der Waals surface area contributed by atoms with Gasteiger partial charge in [-0.3, -0.25) is 9.48 Å². The number of aliphatic hydroxyl groups excluding tert-OH is 2. The summed E-state index contributed by atoms with van der Waals surface area (Å²) in [5.41, 5.74) is 1.99. The molecule has 1 saturated carbocycles. The van der Waals surface area contributed by atoms with Gasteiger partial charge in [-0.05, 0) is 32.4 Å². The molecule has 1 aliphatic rings. The zero-order valence-corrected chi connectivity index (χ0v) is 15.1. The Hall–Kier alpha value is -2.45. The third-order valence-corrected chi connectivity index (χ3v) is 4.77. The number of aromatic nitrogens is 3. The van der Waals surface area contributed by atoms with Crippen LogP contribution in [0.3, 0.4) is 0 Å². The number of aryl methyl sites for hydroxylation is 3. The Kier molecular flexibility index (Phi) is 5.24. The van der Waals surface area contributed by atoms with E-state index in [0.717, 1.165) is 11.4 Å². The van der Waals surface area contributed by atoms with E-state index in [1.807, 2.05) is 26.0 Å². The smallest absolute Gasteiger partial charge is 0.272 e. The number of hydrogen-bond acceptors (Lipinski definition) is 6. The Morgan fingerprint density at radius 3 is 2.77 bits per heavy atom. The van der Waals surface area contributed by atoms with Crippen molar-refractivity contribution in [3.8, 4) is 5.88 Å². The molecule has 1 amide bonds. The molecule has 3 rings (SSSR count). The Labute approximate surface area is 151 Å². The molecule has 26 heavy (non-hydrogen) atoms. The number of nitrogens with zero attached hydrogens (tertiary/aromatic N) is 3. The third kappa shape index (κ3) is 3.86. The first-order chi connectivity index (χ1) is 12.3. The second-order valence-corrected chi connectivity index (χ2v) is 6.78. The van der Waals surface area contributed by atoms with Gasteiger partial charge in [-0.2, -0.15) is 5.10 Å². The number of amides is 1. The Balaban J connectivity index is 1.59. The van der Waals surface area contributed by atoms with Gasteiger partial charge in [0, 0.05) is 30.4 Å². The van der Waals surface area contributed by atoms with Gasteiger partial charge >= 0.3 is 0 Å². The van der Waals surface area contributed by atoms with Crippen molar-refractivity contribution in [3.05, 3.63) is 41.3 Å². The summed E-state index contributed by atoms with van der Waals surface area (Å²) in [6.07, 6.45) is -1.62. The van der Waals surface area contributed by atoms with Crippen LogP contribution in [-0.4, -0.2) is 55.7 Å². The molecule has 3 N–H and O–H groups in total. The zero-order chi connectivity index (χ0) is 18.8. The standard InChI is InChI=1S/C18H24N4O4/c1-10-5-4-6-15(19-10)26-9-12-8-13(17(24)16(12)23)20-18(25)14-7-11(2)22(3)21-14/h4-7,12-13,16-17,23-24H,8-9H2,1-3H3,(H,20,25)/t12-,13-,16-,17+/m1/s1. The molecule has 4 atom stereocenters. The first-order valence-electron chi connectivity index (χ1n) is 8.59. The number of rotatable bonds is 5. The van der Waals surface area contributed by atoms with E-state index in [1.165, 1.54) is 0 Å². The molecule has 2 aromatic heterocycles. The van der Waals surface area contributed by atoms with Crippen molar-refractivity contribution >= 4 is 5.91 Å². The quantitative estimate of drug-likeness (QED) is 0.710. The van der Waals surface area contributed by atoms with Gasteiger partial charge in [0.2, 0.25) is 5.88 Å². The second kappa shape index (κ2) is 7.43. The molecular formula is C18H24N4O4. The van der Waals surface area contributed by atoms with Crippen LogP contribution in [0.5, 0.6) is 5.88 Å². The summed E-state index contributed by atoms with van der Waals surface area (Å²) in [4.78, 5) is 16.6. The van der Waals surface area contributed by atoms with Crippen LogP contribution in [0.25, 0.3) is 0 Å². The Morgan fingerprint density at radius 1 is 1.35 bits per heavy atom. The number of carbonyl (C=O) groups is 1. The predicted molar refractivity (Wildman–Crippen MR) is 93.8 cm³/mol. The monoisotopic (exact) mass is 360 g/mol. The molecule has 140 valence electrons. The molecule has 1 fully saturated rings. The number of aliphatic hydroxyl groups is 2. The summed E-state index contributed by atoms with van der Waals surface area (Å²) in [5, 5.41) is 27.4. The number of hydrogen-bond donors (Lipinski definition) is 3. The van der Waals surface area contributed by atoms with Crippen LogP contribution in [0, 0.1) is 19.8 Å². The number of nitrogens with one attached hydrogen (secondary N) is 1. The van der Waals surface area contributed by atoms with Gasteiger partial charge in [0.05, 0.1) is 18.8 Å². The van der Waals surface area contributed by atoms with Crippen molar-refractivity contribution in [1.29, 1.82) is 0 Å². The summed E-state index contributed by atoms with van der Waals surface area (Å²) >= 11 is 0. The van der Waals surface area contributed by atoms with Crippen molar-refractivity contribution < 1.29 is 19.7 Å². The fraction of sp³-hybridized carbons (Fsp3) is 0.500. The maximum absolute atomic E-state index is 12.3. The number of ether oxygens (including phenoxy) is 1. The highest BCUT2D eigenvalue weighted by atomic mass is 16.5. The molecule has 2 aromatic rings. The SMILES string of the molecule is Cc1cccc(OC[C@H]2C[C@@H](NC(=O)c3cc(C)n(C)n3)[C@H](O)[C@@H]2O)n1. The van der Waals surface area contributed by atoms with E-state index in [9.17, 15) is 15.0 Å². The van der Waals surface area contributed by atoms with Gasteiger partial charge in [-0.15, -0.1) is 0 Å². The van der Waals surface area contributed by atoms with E-state index in [1.54, 1.807) is 23.9 Å². The summed E-state index contributed by atoms with van der Waals surface area (Å²) in [7, 11) is 1.76. The molecule has 2 heterocycles. The van der Waals surface area contributed by atoms with Gasteiger partial charge in [-0.25, -0.2) is 4.98 Å². The van der Waals surface area contributed by atoms with Gasteiger partial charge in [0.1, 0.15) is 11.8 Å². The van der Waals surface area contributed by atoms with Crippen molar-refractivity contribution in [2.24, 2.45) is 13.0 Å². The van der Waals surface area contributed by atoms with Gasteiger partial charge in [0.15, 0.2) is 0 Å². The molecule has 1 aliphatic carbocycles. The largest absolute Gasteiger partial charge is 0.477 e. The minimum atomic E-state index is -1.05. The maximum Gasteiger partial charge on any atom is 0.272 e. The molecule has 0 radical (unpaired) electrons. The van der Waals surface area contributed by atoms with Crippen LogP contribution in [0.4, 0.5) is 0 Å². The Bertz CT molecular complexity index is 772. The van der Waals surface area contributed by atoms with Crippen LogP contribution >= 0.6 is 0 Å². The summed E-state index contributed by atoms with van der Waals surface area (Å²) in [6, 6.07) is 6.57. The lowest BCUT2D eigenvalue weighted by atomic mass is 10.1. The van der Waals surface area contributed by atoms with Crippen molar-refractivity contribution in [2.75, 3.05) is 6.61 Å². The first kappa shape index (κ1) is 18.3. The Morgan fingerprint density at radius 2 is 2.12 bits per heavy atom. The van der Waals surface area contributed by atoms with E-state index in [-0.39, 0.29) is 24.1 Å². The van der Waals surface area contributed by atoms with E-state index in [0.29, 0.717) is 12.3 Å². The number of carbonyl (C=O) groups excluding carboxylic acids is 1. The van der Waals surface area contributed by atoms with Gasteiger partial charge < -0.3 is 20.3 Å². The third-order valence-electron chi connectivity index (χ3n) is 4.77. The lowest BCUT2D eigenvalue weighted by Gasteiger charge is -2.17. The topological polar surface area (TPSA) is 110 Å². The van der Waals surface area contributed by atoms with E-state index < -0.39 is 18.2 Å². The highest BCUT2D eigenvalue weighted by Crippen LogP contribution is 2.28. The average Bonchev–Trinajstić information content (AvgIpc) is 3.07. The molecule has 0 saturated heterocycles. The fourth-order valence-electron chi connectivity index (χ4n) is 3.14. The van der Waals surface area contributed by atoms with Crippen LogP contribution in [0.1, 0.15) is 28.3 Å². The van der Waals surface area contributed by atoms with Crippen molar-refractivity contribution in [2.45, 2.75) is 38.5 Å². The van der Waals surface area contributed by atoms with E-state index >= 15 is 0 Å². The van der Waals surface area contributed by atoms with Crippen molar-refractivity contribution in [3.63, 3.8) is 0 Å². The molecule has 0 bridgehead atoms. The van der Waals surface area contributed by atoms with Crippen LogP contribution in [-0.2, 0) is 7.05 Å². The predicted octanol–water partition coefficient (Wildman–Crippen LogP) is 0.351. The molecular weight excluding hydrogens is 336 g/mol. The average molecular weight is 360 g/mol. The molecule has 0 aliphatic heterocycles. The lowest BCUT2D eigenvalue weighted by Crippen LogP contribution is -2.43.